The fourth-order valence-corrected chi connectivity index (χ4v) is 0.511. The minimum absolute atomic E-state index is 1.30. The van der Waals surface area contributed by atoms with Gasteiger partial charge in [0, 0.05) is 21.1 Å². The third kappa shape index (κ3) is 2.02. The Labute approximate surface area is 56.4 Å². The van der Waals surface area contributed by atoms with Gasteiger partial charge in [0.25, 0.3) is 5.12 Å². The van der Waals surface area contributed by atoms with Gasteiger partial charge in [-0.05, 0) is 0 Å². The van der Waals surface area contributed by atoms with Crippen LogP contribution in [0.15, 0.2) is 0 Å². The molecule has 0 aromatic heterocycles. The summed E-state index contributed by atoms with van der Waals surface area (Å²) in [5.74, 6) is 0. The normalized spacial score (nSPS) is 15.6. The number of methoxy groups -OCH3 is 2. The first-order valence-corrected chi connectivity index (χ1v) is 3.38. The molecule has 0 bridgehead atoms. The number of hydrogen-bond donors (Lipinski definition) is 1. The standard InChI is InChI=1S/C4H10O4S/c1-4(7-2,8-3)9(5)6/h1-3H3,(H,5,6). The molecule has 0 radical (unpaired) electrons. The maximum atomic E-state index is 10.3. The lowest BCUT2D eigenvalue weighted by Crippen LogP contribution is -2.34. The summed E-state index contributed by atoms with van der Waals surface area (Å²) in [7, 11) is 2.61. The fraction of sp³-hybridized carbons (Fsp3) is 1.00. The van der Waals surface area contributed by atoms with Gasteiger partial charge in [-0.3, -0.25) is 0 Å². The lowest BCUT2D eigenvalue weighted by molar-refractivity contribution is -0.127. The smallest absolute Gasteiger partial charge is 0.269 e. The monoisotopic (exact) mass is 154 g/mol. The highest BCUT2D eigenvalue weighted by molar-refractivity contribution is 7.80. The molecule has 5 heteroatoms. The molecule has 0 fully saturated rings. The van der Waals surface area contributed by atoms with Crippen molar-refractivity contribution in [1.29, 1.82) is 0 Å². The Morgan fingerprint density at radius 1 is 1.44 bits per heavy atom. The summed E-state index contributed by atoms with van der Waals surface area (Å²) in [4.78, 5) is 0. The number of rotatable bonds is 3. The van der Waals surface area contributed by atoms with Crippen molar-refractivity contribution in [2.24, 2.45) is 0 Å². The van der Waals surface area contributed by atoms with Crippen molar-refractivity contribution < 1.29 is 18.2 Å². The molecular weight excluding hydrogens is 144 g/mol. The van der Waals surface area contributed by atoms with Gasteiger partial charge in [0.2, 0.25) is 11.1 Å². The van der Waals surface area contributed by atoms with E-state index in [1.54, 1.807) is 0 Å². The SMILES string of the molecule is COC(C)(OC)S(=O)O. The van der Waals surface area contributed by atoms with Crippen LogP contribution in [-0.4, -0.2) is 28.1 Å². The number of hydrogen-bond acceptors (Lipinski definition) is 3. The van der Waals surface area contributed by atoms with Crippen LogP contribution in [0.5, 0.6) is 0 Å². The van der Waals surface area contributed by atoms with E-state index in [9.17, 15) is 4.21 Å². The van der Waals surface area contributed by atoms with Crippen molar-refractivity contribution >= 4 is 11.1 Å². The van der Waals surface area contributed by atoms with Crippen LogP contribution < -0.4 is 0 Å². The van der Waals surface area contributed by atoms with Crippen LogP contribution in [0, 0.1) is 0 Å². The molecule has 1 N–H and O–H groups in total. The second-order valence-electron chi connectivity index (χ2n) is 1.52. The first kappa shape index (κ1) is 9.03. The maximum Gasteiger partial charge on any atom is 0.269 e. The summed E-state index contributed by atoms with van der Waals surface area (Å²) in [5, 5.41) is -1.39. The zero-order valence-electron chi connectivity index (χ0n) is 5.58. The molecule has 0 aliphatic heterocycles. The second kappa shape index (κ2) is 3.26. The lowest BCUT2D eigenvalue weighted by atomic mass is 10.7. The quantitative estimate of drug-likeness (QED) is 0.465. The Bertz CT molecular complexity index is 109. The third-order valence-electron chi connectivity index (χ3n) is 1.06. The first-order chi connectivity index (χ1) is 4.06. The average Bonchev–Trinajstić information content (AvgIpc) is 1.86. The van der Waals surface area contributed by atoms with Crippen molar-refractivity contribution in [3.8, 4) is 0 Å². The van der Waals surface area contributed by atoms with Crippen LogP contribution in [0.2, 0.25) is 0 Å². The predicted molar refractivity (Wildman–Crippen MR) is 33.2 cm³/mol. The molecule has 1 unspecified atom stereocenters. The summed E-state index contributed by atoms with van der Waals surface area (Å²) < 4.78 is 28.0. The van der Waals surface area contributed by atoms with Crippen LogP contribution in [0.25, 0.3) is 0 Å². The van der Waals surface area contributed by atoms with Gasteiger partial charge in [0.05, 0.1) is 0 Å². The Morgan fingerprint density at radius 2 is 1.78 bits per heavy atom. The van der Waals surface area contributed by atoms with E-state index in [0.29, 0.717) is 0 Å². The predicted octanol–water partition coefficient (Wildman–Crippen LogP) is 0.175. The zero-order valence-corrected chi connectivity index (χ0v) is 6.40. The minimum Gasteiger partial charge on any atom is -0.341 e. The maximum absolute atomic E-state index is 10.3. The molecule has 0 aliphatic carbocycles. The van der Waals surface area contributed by atoms with Crippen LogP contribution in [0.4, 0.5) is 0 Å². The van der Waals surface area contributed by atoms with Crippen molar-refractivity contribution in [2.45, 2.75) is 12.0 Å². The summed E-state index contributed by atoms with van der Waals surface area (Å²) in [6.45, 7) is 1.38. The molecule has 0 aliphatic rings. The highest BCUT2D eigenvalue weighted by atomic mass is 32.2. The molecule has 0 aromatic rings. The van der Waals surface area contributed by atoms with E-state index in [-0.39, 0.29) is 0 Å². The Morgan fingerprint density at radius 3 is 1.78 bits per heavy atom. The van der Waals surface area contributed by atoms with Crippen LogP contribution in [0.1, 0.15) is 6.92 Å². The zero-order chi connectivity index (χ0) is 7.49. The van der Waals surface area contributed by atoms with E-state index in [1.807, 2.05) is 0 Å². The summed E-state index contributed by atoms with van der Waals surface area (Å²) in [5.41, 5.74) is 0. The van der Waals surface area contributed by atoms with Crippen LogP contribution >= 0.6 is 0 Å². The van der Waals surface area contributed by atoms with Crippen molar-refractivity contribution in [2.75, 3.05) is 14.2 Å². The van der Waals surface area contributed by atoms with E-state index >= 15 is 0 Å². The van der Waals surface area contributed by atoms with Gasteiger partial charge in [-0.2, -0.15) is 0 Å². The Balaban J connectivity index is 4.09. The van der Waals surface area contributed by atoms with E-state index in [2.05, 4.69) is 9.47 Å². The Kier molecular flexibility index (Phi) is 3.27. The van der Waals surface area contributed by atoms with Gasteiger partial charge < -0.3 is 14.0 Å². The van der Waals surface area contributed by atoms with Crippen molar-refractivity contribution in [3.63, 3.8) is 0 Å². The van der Waals surface area contributed by atoms with Gasteiger partial charge in [0.1, 0.15) is 0 Å². The third-order valence-corrected chi connectivity index (χ3v) is 2.03. The molecule has 1 atom stereocenters. The highest BCUT2D eigenvalue weighted by Gasteiger charge is 2.29. The molecule has 9 heavy (non-hydrogen) atoms. The summed E-state index contributed by atoms with van der Waals surface area (Å²) >= 11 is -2.11. The molecule has 0 amide bonds. The summed E-state index contributed by atoms with van der Waals surface area (Å²) in [6, 6.07) is 0. The van der Waals surface area contributed by atoms with E-state index in [1.165, 1.54) is 21.1 Å². The largest absolute Gasteiger partial charge is 0.341 e. The highest BCUT2D eigenvalue weighted by Crippen LogP contribution is 2.12. The molecule has 56 valence electrons. The lowest BCUT2D eigenvalue weighted by Gasteiger charge is -2.20. The topological polar surface area (TPSA) is 55.8 Å². The van der Waals surface area contributed by atoms with E-state index < -0.39 is 16.2 Å². The van der Waals surface area contributed by atoms with Gasteiger partial charge >= 0.3 is 0 Å². The van der Waals surface area contributed by atoms with Gasteiger partial charge in [-0.25, -0.2) is 4.21 Å². The van der Waals surface area contributed by atoms with Crippen molar-refractivity contribution in [3.05, 3.63) is 0 Å². The minimum atomic E-state index is -2.11. The van der Waals surface area contributed by atoms with Crippen LogP contribution in [0.3, 0.4) is 0 Å². The van der Waals surface area contributed by atoms with Crippen molar-refractivity contribution in [1.82, 2.24) is 0 Å². The molecule has 0 rings (SSSR count). The molecule has 0 aromatic carbocycles. The molecule has 0 saturated heterocycles. The fourth-order valence-electron chi connectivity index (χ4n) is 0.226. The molecule has 0 spiro atoms. The first-order valence-electron chi connectivity index (χ1n) is 2.28. The molecular formula is C4H10O4S. The van der Waals surface area contributed by atoms with Gasteiger partial charge in [-0.15, -0.1) is 0 Å². The van der Waals surface area contributed by atoms with E-state index in [4.69, 9.17) is 4.55 Å². The number of ether oxygens (including phenoxy) is 2. The molecule has 0 saturated carbocycles. The second-order valence-corrected chi connectivity index (χ2v) is 2.76. The van der Waals surface area contributed by atoms with Gasteiger partial charge in [-0.1, -0.05) is 0 Å². The summed E-state index contributed by atoms with van der Waals surface area (Å²) in [6.07, 6.45) is 0. The van der Waals surface area contributed by atoms with E-state index in [0.717, 1.165) is 0 Å². The Hall–Kier alpha value is 0.0300. The molecule has 4 nitrogen and oxygen atoms in total. The van der Waals surface area contributed by atoms with Crippen LogP contribution in [-0.2, 0) is 20.6 Å². The average molecular weight is 154 g/mol. The molecule has 0 heterocycles. The van der Waals surface area contributed by atoms with Gasteiger partial charge in [0.15, 0.2) is 0 Å².